The highest BCUT2D eigenvalue weighted by molar-refractivity contribution is 7.09. The van der Waals surface area contributed by atoms with Crippen LogP contribution >= 0.6 is 22.9 Å². The molecule has 0 unspecified atom stereocenters. The maximum atomic E-state index is 5.70. The first-order valence-corrected chi connectivity index (χ1v) is 6.09. The van der Waals surface area contributed by atoms with Crippen LogP contribution in [0.3, 0.4) is 0 Å². The van der Waals surface area contributed by atoms with Crippen LogP contribution in [0, 0.1) is 0 Å². The van der Waals surface area contributed by atoms with E-state index in [4.69, 9.17) is 11.6 Å². The third kappa shape index (κ3) is 4.12. The van der Waals surface area contributed by atoms with Crippen molar-refractivity contribution in [1.82, 2.24) is 4.90 Å². The fraction of sp³-hybridized carbons (Fsp3) is 0.600. The van der Waals surface area contributed by atoms with Gasteiger partial charge < -0.3 is 4.90 Å². The fourth-order valence-corrected chi connectivity index (χ4v) is 2.21. The van der Waals surface area contributed by atoms with Gasteiger partial charge in [-0.05, 0) is 24.4 Å². The van der Waals surface area contributed by atoms with Crippen molar-refractivity contribution < 1.29 is 0 Å². The van der Waals surface area contributed by atoms with Gasteiger partial charge in [-0.2, -0.15) is 0 Å². The van der Waals surface area contributed by atoms with Gasteiger partial charge in [0.1, 0.15) is 0 Å². The van der Waals surface area contributed by atoms with Crippen LogP contribution in [-0.2, 0) is 6.42 Å². The van der Waals surface area contributed by atoms with E-state index in [0.29, 0.717) is 0 Å². The summed E-state index contributed by atoms with van der Waals surface area (Å²) in [4.78, 5) is 3.85. The minimum absolute atomic E-state index is 0.734. The van der Waals surface area contributed by atoms with E-state index in [0.717, 1.165) is 31.9 Å². The summed E-state index contributed by atoms with van der Waals surface area (Å²) in [7, 11) is 0. The van der Waals surface area contributed by atoms with Gasteiger partial charge in [-0.25, -0.2) is 0 Å². The molecule has 1 aromatic rings. The zero-order chi connectivity index (χ0) is 9.52. The van der Waals surface area contributed by atoms with Gasteiger partial charge in [-0.3, -0.25) is 0 Å². The maximum absolute atomic E-state index is 5.70. The van der Waals surface area contributed by atoms with Crippen molar-refractivity contribution in [2.45, 2.75) is 13.3 Å². The van der Waals surface area contributed by atoms with Crippen molar-refractivity contribution in [2.24, 2.45) is 0 Å². The van der Waals surface area contributed by atoms with Crippen LogP contribution in [0.15, 0.2) is 17.5 Å². The molecular weight excluding hydrogens is 202 g/mol. The molecule has 0 bridgehead atoms. The second kappa shape index (κ2) is 6.41. The van der Waals surface area contributed by atoms with Crippen molar-refractivity contribution in [3.63, 3.8) is 0 Å². The molecule has 0 saturated carbocycles. The van der Waals surface area contributed by atoms with Gasteiger partial charge in [0.2, 0.25) is 0 Å². The topological polar surface area (TPSA) is 3.24 Å². The number of likely N-dealkylation sites (N-methyl/N-ethyl adjacent to an activating group) is 1. The van der Waals surface area contributed by atoms with Gasteiger partial charge in [0, 0.05) is 23.8 Å². The molecular formula is C10H16ClNS. The molecule has 0 aromatic carbocycles. The van der Waals surface area contributed by atoms with E-state index in [2.05, 4.69) is 29.3 Å². The first-order chi connectivity index (χ1) is 6.36. The predicted molar refractivity (Wildman–Crippen MR) is 60.9 cm³/mol. The minimum atomic E-state index is 0.734. The molecule has 0 aliphatic heterocycles. The van der Waals surface area contributed by atoms with Crippen molar-refractivity contribution in [3.8, 4) is 0 Å². The number of hydrogen-bond acceptors (Lipinski definition) is 2. The Kier molecular flexibility index (Phi) is 5.44. The largest absolute Gasteiger partial charge is 0.302 e. The highest BCUT2D eigenvalue weighted by Gasteiger charge is 2.01. The summed E-state index contributed by atoms with van der Waals surface area (Å²) in [6, 6.07) is 4.30. The highest BCUT2D eigenvalue weighted by atomic mass is 35.5. The number of halogens is 1. The van der Waals surface area contributed by atoms with Crippen LogP contribution in [-0.4, -0.2) is 30.4 Å². The number of rotatable bonds is 6. The molecule has 0 N–H and O–H groups in total. The summed E-state index contributed by atoms with van der Waals surface area (Å²) in [5.74, 6) is 0.734. The van der Waals surface area contributed by atoms with Crippen molar-refractivity contribution >= 4 is 22.9 Å². The normalized spacial score (nSPS) is 11.0. The Labute approximate surface area is 89.3 Å². The zero-order valence-corrected chi connectivity index (χ0v) is 9.57. The number of hydrogen-bond donors (Lipinski definition) is 0. The third-order valence-corrected chi connectivity index (χ3v) is 3.21. The molecule has 0 saturated heterocycles. The lowest BCUT2D eigenvalue weighted by Gasteiger charge is -2.17. The summed E-state index contributed by atoms with van der Waals surface area (Å²) in [6.07, 6.45) is 1.16. The smallest absolute Gasteiger partial charge is 0.0351 e. The lowest BCUT2D eigenvalue weighted by atomic mass is 10.3. The van der Waals surface area contributed by atoms with E-state index in [1.165, 1.54) is 4.88 Å². The molecule has 0 fully saturated rings. The fourth-order valence-electron chi connectivity index (χ4n) is 1.27. The van der Waals surface area contributed by atoms with Crippen molar-refractivity contribution in [1.29, 1.82) is 0 Å². The lowest BCUT2D eigenvalue weighted by molar-refractivity contribution is 0.310. The lowest BCUT2D eigenvalue weighted by Crippen LogP contribution is -2.27. The van der Waals surface area contributed by atoms with E-state index in [9.17, 15) is 0 Å². The van der Waals surface area contributed by atoms with Gasteiger partial charge in [-0.15, -0.1) is 22.9 Å². The average Bonchev–Trinajstić information content (AvgIpc) is 2.64. The summed E-state index contributed by atoms with van der Waals surface area (Å²) in [6.45, 7) is 5.41. The molecule has 0 amide bonds. The number of alkyl halides is 1. The molecule has 1 aromatic heterocycles. The third-order valence-electron chi connectivity index (χ3n) is 2.10. The van der Waals surface area contributed by atoms with Gasteiger partial charge in [-0.1, -0.05) is 13.0 Å². The van der Waals surface area contributed by atoms with E-state index < -0.39 is 0 Å². The Bertz CT molecular complexity index is 211. The number of thiophene rings is 1. The SMILES string of the molecule is CCN(CCCl)CCc1cccs1. The summed E-state index contributed by atoms with van der Waals surface area (Å²) in [5.41, 5.74) is 0. The standard InChI is InChI=1S/C10H16ClNS/c1-2-12(8-6-11)7-5-10-4-3-9-13-10/h3-4,9H,2,5-8H2,1H3. The monoisotopic (exact) mass is 217 g/mol. The minimum Gasteiger partial charge on any atom is -0.302 e. The highest BCUT2D eigenvalue weighted by Crippen LogP contribution is 2.09. The molecule has 0 aliphatic rings. The van der Waals surface area contributed by atoms with E-state index >= 15 is 0 Å². The molecule has 1 nitrogen and oxygen atoms in total. The Morgan fingerprint density at radius 2 is 2.31 bits per heavy atom. The van der Waals surface area contributed by atoms with E-state index in [1.54, 1.807) is 0 Å². The van der Waals surface area contributed by atoms with Crippen LogP contribution < -0.4 is 0 Å². The molecule has 13 heavy (non-hydrogen) atoms. The quantitative estimate of drug-likeness (QED) is 0.663. The first kappa shape index (κ1) is 11.0. The van der Waals surface area contributed by atoms with E-state index in [-0.39, 0.29) is 0 Å². The van der Waals surface area contributed by atoms with E-state index in [1.807, 2.05) is 11.3 Å². The van der Waals surface area contributed by atoms with Crippen LogP contribution in [0.1, 0.15) is 11.8 Å². The van der Waals surface area contributed by atoms with Gasteiger partial charge >= 0.3 is 0 Å². The second-order valence-corrected chi connectivity index (χ2v) is 4.36. The molecule has 74 valence electrons. The average molecular weight is 218 g/mol. The second-order valence-electron chi connectivity index (χ2n) is 2.95. The summed E-state index contributed by atoms with van der Waals surface area (Å²) >= 11 is 7.53. The molecule has 0 radical (unpaired) electrons. The first-order valence-electron chi connectivity index (χ1n) is 4.67. The Hall–Kier alpha value is -0.0500. The molecule has 1 rings (SSSR count). The van der Waals surface area contributed by atoms with Crippen LogP contribution in [0.2, 0.25) is 0 Å². The maximum Gasteiger partial charge on any atom is 0.0351 e. The van der Waals surface area contributed by atoms with Gasteiger partial charge in [0.15, 0.2) is 0 Å². The Morgan fingerprint density at radius 1 is 1.46 bits per heavy atom. The molecule has 3 heteroatoms. The molecule has 0 atom stereocenters. The molecule has 0 aliphatic carbocycles. The van der Waals surface area contributed by atoms with Crippen LogP contribution in [0.5, 0.6) is 0 Å². The summed E-state index contributed by atoms with van der Waals surface area (Å²) in [5, 5.41) is 2.13. The molecule has 0 spiro atoms. The van der Waals surface area contributed by atoms with Gasteiger partial charge in [0.25, 0.3) is 0 Å². The Morgan fingerprint density at radius 3 is 2.85 bits per heavy atom. The van der Waals surface area contributed by atoms with Crippen molar-refractivity contribution in [2.75, 3.05) is 25.5 Å². The zero-order valence-electron chi connectivity index (χ0n) is 8.00. The van der Waals surface area contributed by atoms with Gasteiger partial charge in [0.05, 0.1) is 0 Å². The van der Waals surface area contributed by atoms with Crippen molar-refractivity contribution in [3.05, 3.63) is 22.4 Å². The predicted octanol–water partition coefficient (Wildman–Crippen LogP) is 2.85. The number of nitrogens with zero attached hydrogens (tertiary/aromatic N) is 1. The molecule has 1 heterocycles. The Balaban J connectivity index is 2.23. The van der Waals surface area contributed by atoms with Crippen LogP contribution in [0.4, 0.5) is 0 Å². The van der Waals surface area contributed by atoms with Crippen LogP contribution in [0.25, 0.3) is 0 Å². The summed E-state index contributed by atoms with van der Waals surface area (Å²) < 4.78 is 0.